The molecule has 1 aliphatic rings. The molecular weight excluding hydrogens is 239 g/mol. The second kappa shape index (κ2) is 4.08. The number of nitrogens with one attached hydrogen (secondary N) is 1. The van der Waals surface area contributed by atoms with Gasteiger partial charge in [-0.05, 0) is 30.9 Å². The lowest BCUT2D eigenvalue weighted by Crippen LogP contribution is -2.48. The largest absolute Gasteiger partial charge is 0.394 e. The first-order valence-corrected chi connectivity index (χ1v) is 5.36. The van der Waals surface area contributed by atoms with Gasteiger partial charge in [0.15, 0.2) is 11.0 Å². The van der Waals surface area contributed by atoms with E-state index in [9.17, 15) is 5.11 Å². The number of rotatable bonds is 3. The Morgan fingerprint density at radius 1 is 1.33 bits per heavy atom. The molecule has 0 unspecified atom stereocenters. The molecule has 1 aromatic heterocycles. The maximum atomic E-state index is 9.26. The minimum absolute atomic E-state index is 0.0364. The van der Waals surface area contributed by atoms with Crippen LogP contribution in [0.25, 0.3) is 0 Å². The summed E-state index contributed by atoms with van der Waals surface area (Å²) in [6.45, 7) is 0.0466. The number of anilines is 1. The molecule has 1 aliphatic carbocycles. The Hall–Kier alpha value is -0.650. The van der Waals surface area contributed by atoms with E-state index in [1.807, 2.05) is 0 Å². The first-order valence-electron chi connectivity index (χ1n) is 4.60. The molecule has 0 bridgehead atoms. The molecule has 0 radical (unpaired) electrons. The first-order chi connectivity index (χ1) is 7.15. The highest BCUT2D eigenvalue weighted by Crippen LogP contribution is 2.35. The van der Waals surface area contributed by atoms with E-state index in [2.05, 4.69) is 20.5 Å². The zero-order chi connectivity index (χ0) is 10.9. The molecule has 15 heavy (non-hydrogen) atoms. The zero-order valence-electron chi connectivity index (χ0n) is 7.87. The molecule has 82 valence electrons. The van der Waals surface area contributed by atoms with Gasteiger partial charge in [-0.25, -0.2) is 0 Å². The fourth-order valence-electron chi connectivity index (χ4n) is 1.55. The minimum atomic E-state index is -0.316. The number of hydrogen-bond acceptors (Lipinski definition) is 5. The Balaban J connectivity index is 2.19. The predicted molar refractivity (Wildman–Crippen MR) is 57.1 cm³/mol. The van der Waals surface area contributed by atoms with Crippen LogP contribution in [0.3, 0.4) is 0 Å². The van der Waals surface area contributed by atoms with Crippen LogP contribution in [0.5, 0.6) is 0 Å². The van der Waals surface area contributed by atoms with Crippen LogP contribution >= 0.6 is 23.2 Å². The van der Waals surface area contributed by atoms with Gasteiger partial charge in [0.1, 0.15) is 0 Å². The van der Waals surface area contributed by atoms with Crippen molar-refractivity contribution in [1.29, 1.82) is 0 Å². The van der Waals surface area contributed by atoms with Gasteiger partial charge >= 0.3 is 0 Å². The molecule has 0 atom stereocenters. The molecule has 0 aliphatic heterocycles. The molecule has 1 saturated carbocycles. The van der Waals surface area contributed by atoms with E-state index in [0.717, 1.165) is 19.3 Å². The van der Waals surface area contributed by atoms with Crippen LogP contribution in [0.15, 0.2) is 0 Å². The van der Waals surface area contributed by atoms with Crippen LogP contribution in [0.1, 0.15) is 19.3 Å². The second-order valence-corrected chi connectivity index (χ2v) is 4.33. The number of aliphatic hydroxyl groups excluding tert-OH is 1. The van der Waals surface area contributed by atoms with E-state index in [1.54, 1.807) is 0 Å². The third-order valence-electron chi connectivity index (χ3n) is 2.62. The summed E-state index contributed by atoms with van der Waals surface area (Å²) < 4.78 is 0. The van der Waals surface area contributed by atoms with Crippen LogP contribution in [-0.4, -0.2) is 32.4 Å². The third kappa shape index (κ3) is 2.14. The summed E-state index contributed by atoms with van der Waals surface area (Å²) in [5.41, 5.74) is -0.316. The van der Waals surface area contributed by atoms with Crippen molar-refractivity contribution in [2.24, 2.45) is 0 Å². The Morgan fingerprint density at radius 2 is 2.07 bits per heavy atom. The fraction of sp³-hybridized carbons (Fsp3) is 0.625. The van der Waals surface area contributed by atoms with Gasteiger partial charge in [0.2, 0.25) is 5.28 Å². The lowest BCUT2D eigenvalue weighted by atomic mass is 9.77. The quantitative estimate of drug-likeness (QED) is 0.849. The molecule has 7 heteroatoms. The van der Waals surface area contributed by atoms with E-state index in [1.165, 1.54) is 0 Å². The van der Waals surface area contributed by atoms with E-state index in [0.29, 0.717) is 5.82 Å². The smallest absolute Gasteiger partial charge is 0.245 e. The Bertz CT molecular complexity index is 364. The van der Waals surface area contributed by atoms with Gasteiger partial charge in [0.05, 0.1) is 12.1 Å². The average Bonchev–Trinajstić information content (AvgIpc) is 2.17. The van der Waals surface area contributed by atoms with Crippen molar-refractivity contribution in [3.8, 4) is 0 Å². The van der Waals surface area contributed by atoms with Crippen LogP contribution < -0.4 is 5.32 Å². The van der Waals surface area contributed by atoms with Crippen LogP contribution in [0.4, 0.5) is 5.82 Å². The van der Waals surface area contributed by atoms with Gasteiger partial charge in [0.25, 0.3) is 0 Å². The fourth-order valence-corrected chi connectivity index (χ4v) is 1.80. The minimum Gasteiger partial charge on any atom is -0.394 e. The van der Waals surface area contributed by atoms with E-state index < -0.39 is 0 Å². The van der Waals surface area contributed by atoms with Crippen LogP contribution in [-0.2, 0) is 0 Å². The van der Waals surface area contributed by atoms with E-state index in [4.69, 9.17) is 23.2 Å². The number of nitrogens with zero attached hydrogens (tertiary/aromatic N) is 3. The van der Waals surface area contributed by atoms with Gasteiger partial charge in [-0.15, -0.1) is 10.2 Å². The van der Waals surface area contributed by atoms with Crippen LogP contribution in [0.2, 0.25) is 10.4 Å². The molecule has 2 rings (SSSR count). The predicted octanol–water partition coefficient (Wildman–Crippen LogP) is 1.51. The highest BCUT2D eigenvalue weighted by molar-refractivity contribution is 6.32. The molecule has 5 nitrogen and oxygen atoms in total. The van der Waals surface area contributed by atoms with Crippen molar-refractivity contribution in [3.63, 3.8) is 0 Å². The molecule has 0 saturated heterocycles. The standard InChI is InChI=1S/C8H10Cl2N4O/c9-5-6(11-7(10)14-13-5)12-8(4-15)2-1-3-8/h15H,1-4H2,(H,11,12,14). The summed E-state index contributed by atoms with van der Waals surface area (Å²) in [5.74, 6) is 0.380. The second-order valence-electron chi connectivity index (χ2n) is 3.64. The normalized spacial score (nSPS) is 18.3. The van der Waals surface area contributed by atoms with E-state index >= 15 is 0 Å². The Morgan fingerprint density at radius 3 is 2.60 bits per heavy atom. The summed E-state index contributed by atoms with van der Waals surface area (Å²) in [6, 6.07) is 0. The summed E-state index contributed by atoms with van der Waals surface area (Å²) >= 11 is 11.4. The van der Waals surface area contributed by atoms with Crippen LogP contribution in [0, 0.1) is 0 Å². The highest BCUT2D eigenvalue weighted by atomic mass is 35.5. The maximum Gasteiger partial charge on any atom is 0.245 e. The molecular formula is C8H10Cl2N4O. The van der Waals surface area contributed by atoms with Gasteiger partial charge in [0, 0.05) is 0 Å². The van der Waals surface area contributed by atoms with Crippen molar-refractivity contribution in [3.05, 3.63) is 10.4 Å². The number of halogens is 2. The molecule has 2 N–H and O–H groups in total. The topological polar surface area (TPSA) is 70.9 Å². The summed E-state index contributed by atoms with van der Waals surface area (Å²) in [6.07, 6.45) is 2.86. The highest BCUT2D eigenvalue weighted by Gasteiger charge is 2.37. The lowest BCUT2D eigenvalue weighted by molar-refractivity contribution is 0.144. The monoisotopic (exact) mass is 248 g/mol. The Kier molecular flexibility index (Phi) is 2.95. The van der Waals surface area contributed by atoms with E-state index in [-0.39, 0.29) is 22.6 Å². The Labute approximate surface area is 96.8 Å². The number of aromatic nitrogens is 3. The SMILES string of the molecule is OCC1(Nc2nc(Cl)nnc2Cl)CCC1. The number of hydrogen-bond donors (Lipinski definition) is 2. The number of aliphatic hydroxyl groups is 1. The summed E-state index contributed by atoms with van der Waals surface area (Å²) in [5, 5.41) is 19.7. The van der Waals surface area contributed by atoms with Crippen molar-refractivity contribution < 1.29 is 5.11 Å². The third-order valence-corrected chi connectivity index (χ3v) is 3.03. The average molecular weight is 249 g/mol. The summed E-state index contributed by atoms with van der Waals surface area (Å²) in [7, 11) is 0. The van der Waals surface area contributed by atoms with Crippen molar-refractivity contribution in [2.45, 2.75) is 24.8 Å². The maximum absolute atomic E-state index is 9.26. The zero-order valence-corrected chi connectivity index (χ0v) is 9.39. The van der Waals surface area contributed by atoms with Gasteiger partial charge in [-0.2, -0.15) is 4.98 Å². The van der Waals surface area contributed by atoms with Gasteiger partial charge in [-0.1, -0.05) is 11.6 Å². The van der Waals surface area contributed by atoms with Gasteiger partial charge < -0.3 is 10.4 Å². The lowest BCUT2D eigenvalue weighted by Gasteiger charge is -2.41. The first kappa shape index (κ1) is 10.9. The van der Waals surface area contributed by atoms with Gasteiger partial charge in [-0.3, -0.25) is 0 Å². The molecule has 1 heterocycles. The molecule has 1 aromatic rings. The molecule has 0 aromatic carbocycles. The molecule has 0 spiro atoms. The molecule has 1 fully saturated rings. The molecule has 0 amide bonds. The summed E-state index contributed by atoms with van der Waals surface area (Å²) in [4.78, 5) is 3.93. The van der Waals surface area contributed by atoms with Crippen molar-refractivity contribution in [2.75, 3.05) is 11.9 Å². The van der Waals surface area contributed by atoms with Crippen molar-refractivity contribution in [1.82, 2.24) is 15.2 Å². The van der Waals surface area contributed by atoms with Crippen molar-refractivity contribution >= 4 is 29.0 Å².